The number of imide groups is 1. The number of hydrogen-bond donors (Lipinski definition) is 3. The Kier molecular flexibility index (Phi) is 12.0. The third kappa shape index (κ3) is 10.1. The van der Waals surface area contributed by atoms with E-state index in [2.05, 4.69) is 10.6 Å². The lowest BCUT2D eigenvalue weighted by Gasteiger charge is -2.16. The van der Waals surface area contributed by atoms with Crippen LogP contribution >= 0.6 is 0 Å². The Hall–Kier alpha value is -2.79. The summed E-state index contributed by atoms with van der Waals surface area (Å²) in [5.41, 5.74) is 0. The van der Waals surface area contributed by atoms with Gasteiger partial charge in [-0.25, -0.2) is 4.79 Å². The van der Waals surface area contributed by atoms with Gasteiger partial charge in [0.1, 0.15) is 12.6 Å². The van der Waals surface area contributed by atoms with Crippen molar-refractivity contribution in [1.82, 2.24) is 15.5 Å². The maximum absolute atomic E-state index is 12.0. The highest BCUT2D eigenvalue weighted by Crippen LogP contribution is 2.06. The fourth-order valence-electron chi connectivity index (χ4n) is 2.63. The van der Waals surface area contributed by atoms with Crippen LogP contribution in [0.2, 0.25) is 0 Å². The molecule has 0 unspecified atom stereocenters. The summed E-state index contributed by atoms with van der Waals surface area (Å²) < 4.78 is 9.87. The van der Waals surface area contributed by atoms with E-state index >= 15 is 0 Å². The predicted molar refractivity (Wildman–Crippen MR) is 104 cm³/mol. The lowest BCUT2D eigenvalue weighted by molar-refractivity contribution is -0.142. The summed E-state index contributed by atoms with van der Waals surface area (Å²) in [4.78, 5) is 58.7. The summed E-state index contributed by atoms with van der Waals surface area (Å²) in [7, 11) is 1.53. The number of carbonyl (C=O) groups excluding carboxylic acids is 4. The molecule has 168 valence electrons. The zero-order valence-corrected chi connectivity index (χ0v) is 17.1. The molecule has 1 rings (SSSR count). The molecule has 0 aromatic carbocycles. The number of methoxy groups -OCH3 is 1. The van der Waals surface area contributed by atoms with E-state index in [0.29, 0.717) is 32.6 Å². The molecule has 3 N–H and O–H groups in total. The van der Waals surface area contributed by atoms with Crippen molar-refractivity contribution in [3.05, 3.63) is 12.2 Å². The van der Waals surface area contributed by atoms with Gasteiger partial charge in [-0.2, -0.15) is 0 Å². The molecule has 0 spiro atoms. The number of unbranched alkanes of at least 4 members (excludes halogenated alkanes) is 1. The number of aliphatic carboxylic acids is 1. The van der Waals surface area contributed by atoms with Crippen LogP contribution in [-0.2, 0) is 33.4 Å². The molecular formula is C19H29N3O8. The summed E-state index contributed by atoms with van der Waals surface area (Å²) in [6.45, 7) is 1.14. The summed E-state index contributed by atoms with van der Waals surface area (Å²) in [5.74, 6) is -2.71. The van der Waals surface area contributed by atoms with E-state index in [4.69, 9.17) is 9.47 Å². The average Bonchev–Trinajstić information content (AvgIpc) is 3.02. The van der Waals surface area contributed by atoms with Crippen LogP contribution in [0.3, 0.4) is 0 Å². The topological polar surface area (TPSA) is 151 Å². The van der Waals surface area contributed by atoms with Gasteiger partial charge in [0.05, 0.1) is 13.2 Å². The van der Waals surface area contributed by atoms with Crippen molar-refractivity contribution in [2.75, 3.05) is 40.0 Å². The van der Waals surface area contributed by atoms with Gasteiger partial charge in [0.25, 0.3) is 11.8 Å². The number of rotatable bonds is 16. The summed E-state index contributed by atoms with van der Waals surface area (Å²) in [6.07, 6.45) is 3.84. The van der Waals surface area contributed by atoms with Gasteiger partial charge < -0.3 is 25.2 Å². The number of ether oxygens (including phenoxy) is 2. The average molecular weight is 427 g/mol. The van der Waals surface area contributed by atoms with Crippen LogP contribution in [-0.4, -0.2) is 85.7 Å². The van der Waals surface area contributed by atoms with E-state index in [0.717, 1.165) is 4.90 Å². The molecular weight excluding hydrogens is 398 g/mol. The van der Waals surface area contributed by atoms with E-state index in [-0.39, 0.29) is 38.3 Å². The Balaban J connectivity index is 2.17. The Morgan fingerprint density at radius 1 is 1.07 bits per heavy atom. The number of amides is 4. The van der Waals surface area contributed by atoms with Gasteiger partial charge >= 0.3 is 5.97 Å². The first-order valence-corrected chi connectivity index (χ1v) is 9.74. The summed E-state index contributed by atoms with van der Waals surface area (Å²) >= 11 is 0. The highest BCUT2D eigenvalue weighted by atomic mass is 16.5. The molecule has 30 heavy (non-hydrogen) atoms. The zero-order chi connectivity index (χ0) is 22.4. The Labute approximate surface area is 174 Å². The second-order valence-corrected chi connectivity index (χ2v) is 6.61. The highest BCUT2D eigenvalue weighted by molar-refractivity contribution is 6.12. The van der Waals surface area contributed by atoms with Crippen LogP contribution in [0.5, 0.6) is 0 Å². The van der Waals surface area contributed by atoms with Gasteiger partial charge in [-0.15, -0.1) is 0 Å². The van der Waals surface area contributed by atoms with E-state index in [1.807, 2.05) is 0 Å². The molecule has 11 heteroatoms. The van der Waals surface area contributed by atoms with Crippen molar-refractivity contribution < 1.29 is 38.6 Å². The van der Waals surface area contributed by atoms with Crippen molar-refractivity contribution >= 4 is 29.6 Å². The molecule has 0 aliphatic carbocycles. The zero-order valence-electron chi connectivity index (χ0n) is 17.1. The molecule has 4 amide bonds. The molecule has 0 aromatic rings. The number of hydrogen-bond acceptors (Lipinski definition) is 7. The molecule has 1 aliphatic heterocycles. The second kappa shape index (κ2) is 14.2. The van der Waals surface area contributed by atoms with Crippen LogP contribution < -0.4 is 10.6 Å². The quantitative estimate of drug-likeness (QED) is 0.214. The monoisotopic (exact) mass is 427 g/mol. The minimum Gasteiger partial charge on any atom is -0.480 e. The van der Waals surface area contributed by atoms with E-state index in [9.17, 15) is 29.1 Å². The summed E-state index contributed by atoms with van der Waals surface area (Å²) in [5, 5.41) is 14.4. The van der Waals surface area contributed by atoms with Gasteiger partial charge in [0.2, 0.25) is 11.8 Å². The third-order valence-corrected chi connectivity index (χ3v) is 4.23. The van der Waals surface area contributed by atoms with Gasteiger partial charge in [-0.1, -0.05) is 0 Å². The van der Waals surface area contributed by atoms with Gasteiger partial charge in [-0.05, 0) is 25.7 Å². The molecule has 0 radical (unpaired) electrons. The molecule has 1 atom stereocenters. The fourth-order valence-corrected chi connectivity index (χ4v) is 2.63. The van der Waals surface area contributed by atoms with Crippen LogP contribution in [0, 0.1) is 0 Å². The van der Waals surface area contributed by atoms with Gasteiger partial charge in [0, 0.05) is 38.8 Å². The van der Waals surface area contributed by atoms with Crippen molar-refractivity contribution in [3.8, 4) is 0 Å². The first-order valence-electron chi connectivity index (χ1n) is 9.74. The van der Waals surface area contributed by atoms with Gasteiger partial charge in [0.15, 0.2) is 0 Å². The Morgan fingerprint density at radius 3 is 2.40 bits per heavy atom. The standard InChI is InChI=1S/C19H29N3O8/c1-29-11-12-30-13-16(24)20-9-3-2-5-14(19(27)28)21-15(23)6-4-10-22-17(25)7-8-18(22)26/h7-8,14H,2-6,9-13H2,1H3,(H,20,24)(H,21,23)(H,27,28)/t14-/m0/s1. The van der Waals surface area contributed by atoms with E-state index < -0.39 is 29.7 Å². The number of nitrogens with one attached hydrogen (secondary N) is 2. The summed E-state index contributed by atoms with van der Waals surface area (Å²) in [6, 6.07) is -1.04. The molecule has 0 saturated heterocycles. The molecule has 0 bridgehead atoms. The van der Waals surface area contributed by atoms with Crippen LogP contribution in [0.1, 0.15) is 32.1 Å². The normalized spacial score (nSPS) is 14.1. The molecule has 0 fully saturated rings. The van der Waals surface area contributed by atoms with E-state index in [1.54, 1.807) is 0 Å². The van der Waals surface area contributed by atoms with Crippen molar-refractivity contribution in [2.24, 2.45) is 0 Å². The molecule has 1 heterocycles. The van der Waals surface area contributed by atoms with Crippen LogP contribution in [0.15, 0.2) is 12.2 Å². The first kappa shape index (κ1) is 25.2. The largest absolute Gasteiger partial charge is 0.480 e. The smallest absolute Gasteiger partial charge is 0.326 e. The first-order chi connectivity index (χ1) is 14.3. The van der Waals surface area contributed by atoms with Crippen LogP contribution in [0.4, 0.5) is 0 Å². The molecule has 1 aliphatic rings. The Bertz CT molecular complexity index is 632. The van der Waals surface area contributed by atoms with Crippen molar-refractivity contribution in [1.29, 1.82) is 0 Å². The lowest BCUT2D eigenvalue weighted by atomic mass is 10.1. The van der Waals surface area contributed by atoms with Gasteiger partial charge in [-0.3, -0.25) is 24.1 Å². The minimum atomic E-state index is -1.15. The van der Waals surface area contributed by atoms with Crippen molar-refractivity contribution in [2.45, 2.75) is 38.1 Å². The number of nitrogens with zero attached hydrogens (tertiary/aromatic N) is 1. The predicted octanol–water partition coefficient (Wildman–Crippen LogP) is -0.789. The third-order valence-electron chi connectivity index (χ3n) is 4.23. The number of carbonyl (C=O) groups is 5. The number of carboxylic acids is 1. The van der Waals surface area contributed by atoms with E-state index in [1.165, 1.54) is 19.3 Å². The highest BCUT2D eigenvalue weighted by Gasteiger charge is 2.23. The number of carboxylic acid groups (broad SMARTS) is 1. The second-order valence-electron chi connectivity index (χ2n) is 6.61. The fraction of sp³-hybridized carbons (Fsp3) is 0.632. The van der Waals surface area contributed by atoms with Crippen molar-refractivity contribution in [3.63, 3.8) is 0 Å². The lowest BCUT2D eigenvalue weighted by Crippen LogP contribution is -2.41. The minimum absolute atomic E-state index is 0.0000311. The molecule has 11 nitrogen and oxygen atoms in total. The molecule has 0 saturated carbocycles. The Morgan fingerprint density at radius 2 is 1.77 bits per heavy atom. The maximum atomic E-state index is 12.0. The maximum Gasteiger partial charge on any atom is 0.326 e. The molecule has 0 aromatic heterocycles. The van der Waals surface area contributed by atoms with Crippen LogP contribution in [0.25, 0.3) is 0 Å². The SMILES string of the molecule is COCCOCC(=O)NCCCC[C@H](NC(=O)CCCN1C(=O)C=CC1=O)C(=O)O.